The van der Waals surface area contributed by atoms with Crippen LogP contribution in [0.5, 0.6) is 5.75 Å². The SMILES string of the molecule is Cc1cc(Br)cc(C)c1OCC(=O)N[C@@H](C)C(=O)O. The number of hydrogen-bond acceptors (Lipinski definition) is 3. The summed E-state index contributed by atoms with van der Waals surface area (Å²) in [6, 6.07) is 2.85. The van der Waals surface area contributed by atoms with Gasteiger partial charge in [-0.15, -0.1) is 0 Å². The van der Waals surface area contributed by atoms with Crippen molar-refractivity contribution in [2.75, 3.05) is 6.61 Å². The van der Waals surface area contributed by atoms with Crippen LogP contribution in [0.3, 0.4) is 0 Å². The van der Waals surface area contributed by atoms with Crippen LogP contribution in [0.1, 0.15) is 18.1 Å². The number of carboxylic acid groups (broad SMARTS) is 1. The van der Waals surface area contributed by atoms with Crippen LogP contribution in [-0.2, 0) is 9.59 Å². The summed E-state index contributed by atoms with van der Waals surface area (Å²) in [6.45, 7) is 4.95. The van der Waals surface area contributed by atoms with Crippen LogP contribution in [0, 0.1) is 13.8 Å². The summed E-state index contributed by atoms with van der Waals surface area (Å²) in [5, 5.41) is 11.0. The quantitative estimate of drug-likeness (QED) is 0.866. The largest absolute Gasteiger partial charge is 0.483 e. The summed E-state index contributed by atoms with van der Waals surface area (Å²) >= 11 is 3.38. The molecule has 0 saturated heterocycles. The maximum absolute atomic E-state index is 11.5. The Labute approximate surface area is 120 Å². The Hall–Kier alpha value is -1.56. The topological polar surface area (TPSA) is 75.6 Å². The lowest BCUT2D eigenvalue weighted by molar-refractivity contribution is -0.141. The van der Waals surface area contributed by atoms with Crippen LogP contribution in [0.4, 0.5) is 0 Å². The van der Waals surface area contributed by atoms with Gasteiger partial charge in [0.25, 0.3) is 5.91 Å². The Kier molecular flexibility index (Phi) is 5.35. The molecule has 0 bridgehead atoms. The maximum Gasteiger partial charge on any atom is 0.325 e. The number of nitrogens with one attached hydrogen (secondary N) is 1. The second-order valence-corrected chi connectivity index (χ2v) is 5.20. The predicted octanol–water partition coefficient (Wildman–Crippen LogP) is 2.03. The van der Waals surface area contributed by atoms with Gasteiger partial charge in [-0.3, -0.25) is 9.59 Å². The molecule has 0 aliphatic heterocycles. The van der Waals surface area contributed by atoms with Crippen LogP contribution < -0.4 is 10.1 Å². The van der Waals surface area contributed by atoms with Crippen molar-refractivity contribution in [1.82, 2.24) is 5.32 Å². The zero-order chi connectivity index (χ0) is 14.6. The van der Waals surface area contributed by atoms with Crippen molar-refractivity contribution in [3.63, 3.8) is 0 Å². The van der Waals surface area contributed by atoms with Gasteiger partial charge < -0.3 is 15.2 Å². The van der Waals surface area contributed by atoms with Crippen molar-refractivity contribution in [2.24, 2.45) is 0 Å². The van der Waals surface area contributed by atoms with Gasteiger partial charge in [-0.2, -0.15) is 0 Å². The third-order valence-electron chi connectivity index (χ3n) is 2.52. The van der Waals surface area contributed by atoms with Crippen LogP contribution in [0.15, 0.2) is 16.6 Å². The molecule has 0 aliphatic carbocycles. The van der Waals surface area contributed by atoms with Gasteiger partial charge >= 0.3 is 5.97 Å². The first kappa shape index (κ1) is 15.5. The molecule has 1 amide bonds. The summed E-state index contributed by atoms with van der Waals surface area (Å²) in [5.74, 6) is -0.901. The van der Waals surface area contributed by atoms with E-state index < -0.39 is 17.9 Å². The van der Waals surface area contributed by atoms with E-state index in [1.807, 2.05) is 26.0 Å². The lowest BCUT2D eigenvalue weighted by atomic mass is 10.1. The number of carboxylic acids is 1. The molecule has 1 atom stereocenters. The van der Waals surface area contributed by atoms with E-state index in [1.165, 1.54) is 6.92 Å². The van der Waals surface area contributed by atoms with Gasteiger partial charge in [0.15, 0.2) is 6.61 Å². The fraction of sp³-hybridized carbons (Fsp3) is 0.385. The first-order chi connectivity index (χ1) is 8.81. The van der Waals surface area contributed by atoms with Gasteiger partial charge in [-0.25, -0.2) is 0 Å². The Bertz CT molecular complexity index is 478. The Balaban J connectivity index is 2.63. The third-order valence-corrected chi connectivity index (χ3v) is 2.98. The number of hydrogen-bond donors (Lipinski definition) is 2. The number of carbonyl (C=O) groups excluding carboxylic acids is 1. The molecule has 6 heteroatoms. The van der Waals surface area contributed by atoms with E-state index in [0.717, 1.165) is 15.6 Å². The van der Waals surface area contributed by atoms with Crippen LogP contribution >= 0.6 is 15.9 Å². The summed E-state index contributed by atoms with van der Waals surface area (Å²) in [5.41, 5.74) is 1.82. The van der Waals surface area contributed by atoms with Gasteiger partial charge in [0.2, 0.25) is 0 Å². The average molecular weight is 330 g/mol. The molecule has 0 fully saturated rings. The smallest absolute Gasteiger partial charge is 0.325 e. The number of halogens is 1. The molecule has 0 aliphatic rings. The highest BCUT2D eigenvalue weighted by Gasteiger charge is 2.15. The van der Waals surface area contributed by atoms with E-state index in [9.17, 15) is 9.59 Å². The molecule has 0 heterocycles. The second kappa shape index (κ2) is 6.56. The number of amides is 1. The average Bonchev–Trinajstić information content (AvgIpc) is 2.27. The molecular formula is C13H16BrNO4. The fourth-order valence-electron chi connectivity index (χ4n) is 1.61. The van der Waals surface area contributed by atoms with Crippen molar-refractivity contribution < 1.29 is 19.4 Å². The van der Waals surface area contributed by atoms with E-state index >= 15 is 0 Å². The third kappa shape index (κ3) is 4.55. The Morgan fingerprint density at radius 1 is 1.37 bits per heavy atom. The molecule has 19 heavy (non-hydrogen) atoms. The van der Waals surface area contributed by atoms with E-state index in [2.05, 4.69) is 21.2 Å². The molecule has 104 valence electrons. The minimum absolute atomic E-state index is 0.207. The van der Waals surface area contributed by atoms with Crippen molar-refractivity contribution in [3.8, 4) is 5.75 Å². The molecular weight excluding hydrogens is 314 g/mol. The molecule has 1 aromatic carbocycles. The number of ether oxygens (including phenoxy) is 1. The van der Waals surface area contributed by atoms with Crippen LogP contribution in [-0.4, -0.2) is 29.6 Å². The first-order valence-electron chi connectivity index (χ1n) is 5.73. The van der Waals surface area contributed by atoms with Crippen LogP contribution in [0.2, 0.25) is 0 Å². The highest BCUT2D eigenvalue weighted by Crippen LogP contribution is 2.27. The second-order valence-electron chi connectivity index (χ2n) is 4.28. The van der Waals surface area contributed by atoms with Gasteiger partial charge in [0.1, 0.15) is 11.8 Å². The van der Waals surface area contributed by atoms with Crippen molar-refractivity contribution in [1.29, 1.82) is 0 Å². The molecule has 0 aromatic heterocycles. The van der Waals surface area contributed by atoms with E-state index in [0.29, 0.717) is 5.75 Å². The van der Waals surface area contributed by atoms with Gasteiger partial charge in [-0.1, -0.05) is 15.9 Å². The lowest BCUT2D eigenvalue weighted by Gasteiger charge is -2.14. The monoisotopic (exact) mass is 329 g/mol. The minimum Gasteiger partial charge on any atom is -0.483 e. The standard InChI is InChI=1S/C13H16BrNO4/c1-7-4-10(14)5-8(2)12(7)19-6-11(16)15-9(3)13(17)18/h4-5,9H,6H2,1-3H3,(H,15,16)(H,17,18)/t9-/m0/s1. The lowest BCUT2D eigenvalue weighted by Crippen LogP contribution is -2.40. The zero-order valence-electron chi connectivity index (χ0n) is 11.0. The first-order valence-corrected chi connectivity index (χ1v) is 6.52. The summed E-state index contributed by atoms with van der Waals surface area (Å²) in [7, 11) is 0. The number of benzene rings is 1. The summed E-state index contributed by atoms with van der Waals surface area (Å²) < 4.78 is 6.38. The Morgan fingerprint density at radius 2 is 1.89 bits per heavy atom. The van der Waals surface area contributed by atoms with Crippen molar-refractivity contribution in [2.45, 2.75) is 26.8 Å². The Morgan fingerprint density at radius 3 is 2.37 bits per heavy atom. The number of aliphatic carboxylic acids is 1. The molecule has 1 aromatic rings. The zero-order valence-corrected chi connectivity index (χ0v) is 12.6. The maximum atomic E-state index is 11.5. The number of aryl methyl sites for hydroxylation is 2. The molecule has 1 rings (SSSR count). The normalized spacial score (nSPS) is 11.8. The van der Waals surface area contributed by atoms with Crippen molar-refractivity contribution in [3.05, 3.63) is 27.7 Å². The van der Waals surface area contributed by atoms with Crippen molar-refractivity contribution >= 4 is 27.8 Å². The van der Waals surface area contributed by atoms with E-state index in [-0.39, 0.29) is 6.61 Å². The summed E-state index contributed by atoms with van der Waals surface area (Å²) in [6.07, 6.45) is 0. The highest BCUT2D eigenvalue weighted by atomic mass is 79.9. The molecule has 2 N–H and O–H groups in total. The van der Waals surface area contributed by atoms with Gasteiger partial charge in [0, 0.05) is 4.47 Å². The summed E-state index contributed by atoms with van der Waals surface area (Å²) in [4.78, 5) is 22.1. The van der Waals surface area contributed by atoms with Crippen LogP contribution in [0.25, 0.3) is 0 Å². The molecule has 0 spiro atoms. The van der Waals surface area contributed by atoms with E-state index in [4.69, 9.17) is 9.84 Å². The molecule has 5 nitrogen and oxygen atoms in total. The van der Waals surface area contributed by atoms with Gasteiger partial charge in [0.05, 0.1) is 0 Å². The molecule has 0 radical (unpaired) electrons. The van der Waals surface area contributed by atoms with Gasteiger partial charge in [-0.05, 0) is 44.0 Å². The predicted molar refractivity (Wildman–Crippen MR) is 74.4 cm³/mol. The number of carbonyl (C=O) groups is 2. The fourth-order valence-corrected chi connectivity index (χ4v) is 2.29. The molecule has 0 saturated carbocycles. The highest BCUT2D eigenvalue weighted by molar-refractivity contribution is 9.10. The molecule has 0 unspecified atom stereocenters. The minimum atomic E-state index is -1.08. The number of rotatable bonds is 5. The van der Waals surface area contributed by atoms with E-state index in [1.54, 1.807) is 0 Å².